The van der Waals surface area contributed by atoms with Gasteiger partial charge in [-0.05, 0) is 50.6 Å². The molecule has 5 heteroatoms. The second kappa shape index (κ2) is 6.40. The Bertz CT molecular complexity index is 773. The fraction of sp³-hybridized carbons (Fsp3) is 0.368. The van der Waals surface area contributed by atoms with Gasteiger partial charge in [0, 0.05) is 10.4 Å². The van der Waals surface area contributed by atoms with Gasteiger partial charge in [-0.2, -0.15) is 0 Å². The van der Waals surface area contributed by atoms with Crippen LogP contribution in [0.2, 0.25) is 0 Å². The Morgan fingerprint density at radius 1 is 1.25 bits per heavy atom. The molecule has 1 amide bonds. The first kappa shape index (κ1) is 16.7. The first-order chi connectivity index (χ1) is 11.3. The van der Waals surface area contributed by atoms with Crippen molar-refractivity contribution in [3.8, 4) is 0 Å². The standard InChI is InChI=1S/C19H21NO3S/c1-19(2,3)23-18(22)20-15-10-11-24-17(15)14-9-8-12-6-4-5-7-13(12)16(14)21/h4-7,10-11,14H,8-9H2,1-3H3,(H,20,22). The van der Waals surface area contributed by atoms with Crippen LogP contribution in [0.1, 0.15) is 53.9 Å². The number of ketones is 1. The molecular formula is C19H21NO3S. The van der Waals surface area contributed by atoms with Gasteiger partial charge in [0.1, 0.15) is 5.60 Å². The summed E-state index contributed by atoms with van der Waals surface area (Å²) in [6.07, 6.45) is 1.14. The molecule has 1 atom stereocenters. The summed E-state index contributed by atoms with van der Waals surface area (Å²) in [5.74, 6) is -0.0728. The molecule has 3 rings (SSSR count). The highest BCUT2D eigenvalue weighted by Gasteiger charge is 2.31. The summed E-state index contributed by atoms with van der Waals surface area (Å²) < 4.78 is 5.31. The molecule has 0 saturated heterocycles. The number of amides is 1. The number of fused-ring (bicyclic) bond motifs is 1. The molecule has 1 unspecified atom stereocenters. The zero-order valence-corrected chi connectivity index (χ0v) is 14.9. The van der Waals surface area contributed by atoms with Crippen LogP contribution >= 0.6 is 11.3 Å². The van der Waals surface area contributed by atoms with Gasteiger partial charge in [0.2, 0.25) is 0 Å². The van der Waals surface area contributed by atoms with Gasteiger partial charge in [-0.1, -0.05) is 24.3 Å². The van der Waals surface area contributed by atoms with Crippen LogP contribution in [0.4, 0.5) is 10.5 Å². The first-order valence-corrected chi connectivity index (χ1v) is 8.92. The Morgan fingerprint density at radius 2 is 2.00 bits per heavy atom. The minimum atomic E-state index is -0.556. The van der Waals surface area contributed by atoms with Gasteiger partial charge in [0.25, 0.3) is 0 Å². The van der Waals surface area contributed by atoms with Crippen LogP contribution in [0.5, 0.6) is 0 Å². The number of carbonyl (C=O) groups excluding carboxylic acids is 2. The van der Waals surface area contributed by atoms with E-state index in [-0.39, 0.29) is 11.7 Å². The number of rotatable bonds is 2. The molecule has 1 aromatic carbocycles. The molecule has 0 fully saturated rings. The summed E-state index contributed by atoms with van der Waals surface area (Å²) in [6, 6.07) is 9.59. The van der Waals surface area contributed by atoms with Crippen molar-refractivity contribution in [1.82, 2.24) is 0 Å². The molecule has 0 bridgehead atoms. The molecular weight excluding hydrogens is 322 g/mol. The monoisotopic (exact) mass is 343 g/mol. The molecule has 126 valence electrons. The van der Waals surface area contributed by atoms with Gasteiger partial charge >= 0.3 is 6.09 Å². The first-order valence-electron chi connectivity index (χ1n) is 8.04. The van der Waals surface area contributed by atoms with E-state index in [2.05, 4.69) is 5.32 Å². The predicted molar refractivity (Wildman–Crippen MR) is 96.0 cm³/mol. The minimum absolute atomic E-state index is 0.131. The number of nitrogens with one attached hydrogen (secondary N) is 1. The lowest BCUT2D eigenvalue weighted by atomic mass is 9.82. The molecule has 0 radical (unpaired) electrons. The van der Waals surface area contributed by atoms with Crippen molar-refractivity contribution in [2.75, 3.05) is 5.32 Å². The van der Waals surface area contributed by atoms with Crippen molar-refractivity contribution in [3.63, 3.8) is 0 Å². The van der Waals surface area contributed by atoms with Crippen molar-refractivity contribution in [1.29, 1.82) is 0 Å². The normalized spacial score (nSPS) is 17.3. The summed E-state index contributed by atoms with van der Waals surface area (Å²) in [4.78, 5) is 25.8. The van der Waals surface area contributed by atoms with Gasteiger partial charge in [-0.15, -0.1) is 11.3 Å². The molecule has 0 aliphatic heterocycles. The maximum absolute atomic E-state index is 12.8. The third-order valence-corrected chi connectivity index (χ3v) is 4.98. The van der Waals surface area contributed by atoms with E-state index in [9.17, 15) is 9.59 Å². The number of hydrogen-bond acceptors (Lipinski definition) is 4. The van der Waals surface area contributed by atoms with E-state index < -0.39 is 11.7 Å². The number of aryl methyl sites for hydroxylation is 1. The van der Waals surface area contributed by atoms with Crippen molar-refractivity contribution in [3.05, 3.63) is 51.7 Å². The topological polar surface area (TPSA) is 55.4 Å². The number of thiophene rings is 1. The van der Waals surface area contributed by atoms with Gasteiger partial charge in [0.15, 0.2) is 5.78 Å². The average molecular weight is 343 g/mol. The molecule has 24 heavy (non-hydrogen) atoms. The number of hydrogen-bond donors (Lipinski definition) is 1. The quantitative estimate of drug-likeness (QED) is 0.834. The molecule has 4 nitrogen and oxygen atoms in total. The highest BCUT2D eigenvalue weighted by atomic mass is 32.1. The van der Waals surface area contributed by atoms with Crippen molar-refractivity contribution in [2.24, 2.45) is 0 Å². The smallest absolute Gasteiger partial charge is 0.412 e. The molecule has 1 aliphatic carbocycles. The maximum atomic E-state index is 12.8. The summed E-state index contributed by atoms with van der Waals surface area (Å²) in [5, 5.41) is 4.68. The number of ether oxygens (including phenoxy) is 1. The zero-order chi connectivity index (χ0) is 17.3. The van der Waals surface area contributed by atoms with Crippen LogP contribution in [-0.4, -0.2) is 17.5 Å². The molecule has 1 N–H and O–H groups in total. The Hall–Kier alpha value is -2.14. The third kappa shape index (κ3) is 3.51. The fourth-order valence-corrected chi connectivity index (χ4v) is 3.94. The van der Waals surface area contributed by atoms with Crippen LogP contribution in [0, 0.1) is 0 Å². The molecule has 2 aromatic rings. The van der Waals surface area contributed by atoms with Crippen LogP contribution in [-0.2, 0) is 11.2 Å². The number of Topliss-reactive ketones (excluding diaryl/α,β-unsaturated/α-hetero) is 1. The summed E-state index contributed by atoms with van der Waals surface area (Å²) >= 11 is 1.50. The Labute approximate surface area is 145 Å². The van der Waals surface area contributed by atoms with E-state index >= 15 is 0 Å². The highest BCUT2D eigenvalue weighted by Crippen LogP contribution is 2.39. The van der Waals surface area contributed by atoms with Crippen LogP contribution in [0.3, 0.4) is 0 Å². The van der Waals surface area contributed by atoms with Crippen LogP contribution < -0.4 is 5.32 Å². The van der Waals surface area contributed by atoms with Crippen LogP contribution in [0.15, 0.2) is 35.7 Å². The zero-order valence-electron chi connectivity index (χ0n) is 14.1. The molecule has 1 aliphatic rings. The third-order valence-electron chi connectivity index (χ3n) is 3.95. The molecule has 0 saturated carbocycles. The summed E-state index contributed by atoms with van der Waals surface area (Å²) in [7, 11) is 0. The SMILES string of the molecule is CC(C)(C)OC(=O)Nc1ccsc1C1CCc2ccccc2C1=O. The van der Waals surface area contributed by atoms with Gasteiger partial charge < -0.3 is 4.74 Å². The molecule has 0 spiro atoms. The predicted octanol–water partition coefficient (Wildman–Crippen LogP) is 5.01. The second-order valence-corrected chi connectivity index (χ2v) is 7.89. The van der Waals surface area contributed by atoms with Crippen LogP contribution in [0.25, 0.3) is 0 Å². The van der Waals surface area contributed by atoms with E-state index in [1.165, 1.54) is 11.3 Å². The summed E-state index contributed by atoms with van der Waals surface area (Å²) in [6.45, 7) is 5.47. The Morgan fingerprint density at radius 3 is 2.75 bits per heavy atom. The van der Waals surface area contributed by atoms with E-state index in [0.717, 1.165) is 28.8 Å². The average Bonchev–Trinajstić information content (AvgIpc) is 2.94. The summed E-state index contributed by atoms with van der Waals surface area (Å²) in [5.41, 5.74) is 2.02. The van der Waals surface area contributed by atoms with E-state index in [1.807, 2.05) is 56.5 Å². The second-order valence-electron chi connectivity index (χ2n) is 6.94. The van der Waals surface area contributed by atoms with Crippen molar-refractivity contribution in [2.45, 2.75) is 45.1 Å². The Kier molecular flexibility index (Phi) is 4.45. The van der Waals surface area contributed by atoms with Gasteiger partial charge in [0.05, 0.1) is 11.6 Å². The number of benzene rings is 1. The van der Waals surface area contributed by atoms with Gasteiger partial charge in [-0.25, -0.2) is 4.79 Å². The highest BCUT2D eigenvalue weighted by molar-refractivity contribution is 7.10. The minimum Gasteiger partial charge on any atom is -0.444 e. The van der Waals surface area contributed by atoms with Gasteiger partial charge in [-0.3, -0.25) is 10.1 Å². The lowest BCUT2D eigenvalue weighted by Gasteiger charge is -2.24. The van der Waals surface area contributed by atoms with Crippen molar-refractivity contribution < 1.29 is 14.3 Å². The maximum Gasteiger partial charge on any atom is 0.412 e. The van der Waals surface area contributed by atoms with Crippen molar-refractivity contribution >= 4 is 28.9 Å². The molecule has 1 aromatic heterocycles. The lowest BCUT2D eigenvalue weighted by Crippen LogP contribution is -2.28. The molecule has 1 heterocycles. The van der Waals surface area contributed by atoms with E-state index in [0.29, 0.717) is 5.69 Å². The van der Waals surface area contributed by atoms with E-state index in [4.69, 9.17) is 4.74 Å². The fourth-order valence-electron chi connectivity index (χ4n) is 2.96. The largest absolute Gasteiger partial charge is 0.444 e. The lowest BCUT2D eigenvalue weighted by molar-refractivity contribution is 0.0635. The number of anilines is 1. The van der Waals surface area contributed by atoms with E-state index in [1.54, 1.807) is 0 Å². The number of carbonyl (C=O) groups is 2. The Balaban J connectivity index is 1.81.